The average Bonchev–Trinajstić information content (AvgIpc) is 2.48. The van der Waals surface area contributed by atoms with Crippen molar-refractivity contribution in [3.8, 4) is 0 Å². The maximum absolute atomic E-state index is 12.0. The van der Waals surface area contributed by atoms with Crippen LogP contribution < -0.4 is 0 Å². The highest BCUT2D eigenvalue weighted by molar-refractivity contribution is 6.28. The van der Waals surface area contributed by atoms with Crippen LogP contribution in [0.2, 0.25) is 0 Å². The van der Waals surface area contributed by atoms with Gasteiger partial charge in [0.05, 0.1) is 10.5 Å². The van der Waals surface area contributed by atoms with Gasteiger partial charge in [0.25, 0.3) is 5.69 Å². The predicted molar refractivity (Wildman–Crippen MR) is 72.0 cm³/mol. The molecule has 0 heterocycles. The first kappa shape index (κ1) is 14.1. The van der Waals surface area contributed by atoms with E-state index in [0.717, 1.165) is 0 Å². The molecule has 2 rings (SSSR count). The molecule has 20 heavy (non-hydrogen) atoms. The monoisotopic (exact) mass is 275 g/mol. The number of benzene rings is 1. The molecule has 0 bridgehead atoms. The zero-order chi connectivity index (χ0) is 14.8. The van der Waals surface area contributed by atoms with E-state index in [4.69, 9.17) is 9.47 Å². The van der Waals surface area contributed by atoms with Crippen molar-refractivity contribution < 1.29 is 19.2 Å². The SMILES string of the molecule is COC1(OC)C=CC(=O)C(c2ccccc2[N+](=O)[O-])=C1. The molecule has 0 aromatic heterocycles. The highest BCUT2D eigenvalue weighted by atomic mass is 16.7. The maximum Gasteiger partial charge on any atom is 0.277 e. The van der Waals surface area contributed by atoms with Crippen molar-refractivity contribution in [1.29, 1.82) is 0 Å². The first-order valence-electron chi connectivity index (χ1n) is 5.83. The Morgan fingerprint density at radius 3 is 2.45 bits per heavy atom. The van der Waals surface area contributed by atoms with E-state index in [2.05, 4.69) is 0 Å². The second-order valence-corrected chi connectivity index (χ2v) is 4.16. The second kappa shape index (κ2) is 5.36. The number of para-hydroxylation sites is 1. The summed E-state index contributed by atoms with van der Waals surface area (Å²) in [5, 5.41) is 11.1. The molecule has 0 aliphatic heterocycles. The molecule has 0 saturated carbocycles. The lowest BCUT2D eigenvalue weighted by Gasteiger charge is -2.27. The number of rotatable bonds is 4. The Bertz CT molecular complexity index is 614. The summed E-state index contributed by atoms with van der Waals surface area (Å²) in [5.74, 6) is -1.52. The molecule has 6 nitrogen and oxygen atoms in total. The van der Waals surface area contributed by atoms with E-state index in [-0.39, 0.29) is 22.6 Å². The number of ketones is 1. The largest absolute Gasteiger partial charge is 0.346 e. The Labute approximate surface area is 115 Å². The molecule has 6 heteroatoms. The molecular formula is C14H13NO5. The second-order valence-electron chi connectivity index (χ2n) is 4.16. The Balaban J connectivity index is 2.59. The van der Waals surface area contributed by atoms with Crippen molar-refractivity contribution in [3.63, 3.8) is 0 Å². The number of nitro groups is 1. The minimum atomic E-state index is -1.19. The number of nitrogens with zero attached hydrogens (tertiary/aromatic N) is 1. The summed E-state index contributed by atoms with van der Waals surface area (Å²) in [6.07, 6.45) is 4.20. The van der Waals surface area contributed by atoms with Gasteiger partial charge in [0, 0.05) is 25.9 Å². The van der Waals surface area contributed by atoms with Crippen LogP contribution in [0.5, 0.6) is 0 Å². The molecule has 1 aliphatic rings. The van der Waals surface area contributed by atoms with Crippen LogP contribution in [0.3, 0.4) is 0 Å². The van der Waals surface area contributed by atoms with E-state index in [1.807, 2.05) is 0 Å². The van der Waals surface area contributed by atoms with Crippen LogP contribution in [-0.4, -0.2) is 30.7 Å². The van der Waals surface area contributed by atoms with Crippen molar-refractivity contribution in [2.24, 2.45) is 0 Å². The van der Waals surface area contributed by atoms with Gasteiger partial charge in [-0.05, 0) is 24.3 Å². The molecule has 1 aliphatic carbocycles. The van der Waals surface area contributed by atoms with Crippen molar-refractivity contribution in [1.82, 2.24) is 0 Å². The molecule has 0 radical (unpaired) electrons. The smallest absolute Gasteiger partial charge is 0.277 e. The molecule has 0 unspecified atom stereocenters. The van der Waals surface area contributed by atoms with Gasteiger partial charge < -0.3 is 9.47 Å². The molecule has 0 atom stereocenters. The number of ether oxygens (including phenoxy) is 2. The minimum Gasteiger partial charge on any atom is -0.346 e. The Morgan fingerprint density at radius 1 is 1.20 bits per heavy atom. The highest BCUT2D eigenvalue weighted by Crippen LogP contribution is 2.32. The van der Waals surface area contributed by atoms with Gasteiger partial charge in [-0.2, -0.15) is 0 Å². The van der Waals surface area contributed by atoms with Gasteiger partial charge >= 0.3 is 0 Å². The van der Waals surface area contributed by atoms with E-state index in [0.29, 0.717) is 0 Å². The zero-order valence-electron chi connectivity index (χ0n) is 11.0. The van der Waals surface area contributed by atoms with Crippen LogP contribution in [0.4, 0.5) is 5.69 Å². The third kappa shape index (κ3) is 2.38. The van der Waals surface area contributed by atoms with Gasteiger partial charge in [-0.15, -0.1) is 0 Å². The van der Waals surface area contributed by atoms with Crippen LogP contribution in [0, 0.1) is 10.1 Å². The lowest BCUT2D eigenvalue weighted by molar-refractivity contribution is -0.385. The molecule has 1 aromatic carbocycles. The summed E-state index contributed by atoms with van der Waals surface area (Å²) < 4.78 is 10.4. The fourth-order valence-corrected chi connectivity index (χ4v) is 2.01. The number of methoxy groups -OCH3 is 2. The van der Waals surface area contributed by atoms with Crippen molar-refractivity contribution in [2.75, 3.05) is 14.2 Å². The number of hydrogen-bond donors (Lipinski definition) is 0. The Kier molecular flexibility index (Phi) is 3.78. The summed E-state index contributed by atoms with van der Waals surface area (Å²) in [7, 11) is 2.86. The third-order valence-corrected chi connectivity index (χ3v) is 3.11. The normalized spacial score (nSPS) is 16.9. The maximum atomic E-state index is 12.0. The summed E-state index contributed by atoms with van der Waals surface area (Å²) in [4.78, 5) is 22.5. The number of hydrogen-bond acceptors (Lipinski definition) is 5. The average molecular weight is 275 g/mol. The van der Waals surface area contributed by atoms with Gasteiger partial charge in [0.2, 0.25) is 5.79 Å². The van der Waals surface area contributed by atoms with E-state index < -0.39 is 10.7 Å². The molecular weight excluding hydrogens is 262 g/mol. The molecule has 1 aromatic rings. The van der Waals surface area contributed by atoms with E-state index in [1.165, 1.54) is 44.6 Å². The van der Waals surface area contributed by atoms with E-state index >= 15 is 0 Å². The summed E-state index contributed by atoms with van der Waals surface area (Å²) in [6.45, 7) is 0. The van der Waals surface area contributed by atoms with Crippen LogP contribution >= 0.6 is 0 Å². The summed E-state index contributed by atoms with van der Waals surface area (Å²) in [6, 6.07) is 6.06. The standard InChI is InChI=1S/C14H13NO5/c1-19-14(20-2)8-7-13(16)11(9-14)10-5-3-4-6-12(10)15(17)18/h3-9H,1-2H3. The fraction of sp³-hybridized carbons (Fsp3) is 0.214. The van der Waals surface area contributed by atoms with Gasteiger partial charge in [-0.25, -0.2) is 0 Å². The van der Waals surface area contributed by atoms with Gasteiger partial charge in [-0.1, -0.05) is 12.1 Å². The number of allylic oxidation sites excluding steroid dienone is 2. The van der Waals surface area contributed by atoms with Gasteiger partial charge in [0.1, 0.15) is 0 Å². The van der Waals surface area contributed by atoms with Crippen molar-refractivity contribution >= 4 is 17.0 Å². The third-order valence-electron chi connectivity index (χ3n) is 3.11. The minimum absolute atomic E-state index is 0.136. The zero-order valence-corrected chi connectivity index (χ0v) is 11.0. The molecule has 0 amide bonds. The van der Waals surface area contributed by atoms with Crippen LogP contribution in [0.1, 0.15) is 5.56 Å². The lowest BCUT2D eigenvalue weighted by Crippen LogP contribution is -2.32. The van der Waals surface area contributed by atoms with Crippen LogP contribution in [0.25, 0.3) is 5.57 Å². The summed E-state index contributed by atoms with van der Waals surface area (Å²) in [5.41, 5.74) is 0.289. The lowest BCUT2D eigenvalue weighted by atomic mass is 9.93. The van der Waals surface area contributed by atoms with Crippen molar-refractivity contribution in [2.45, 2.75) is 5.79 Å². The molecule has 0 fully saturated rings. The molecule has 0 N–H and O–H groups in total. The first-order chi connectivity index (χ1) is 9.53. The highest BCUT2D eigenvalue weighted by Gasteiger charge is 2.32. The quantitative estimate of drug-likeness (QED) is 0.477. The molecule has 0 spiro atoms. The first-order valence-corrected chi connectivity index (χ1v) is 5.83. The number of carbonyl (C=O) groups excluding carboxylic acids is 1. The van der Waals surface area contributed by atoms with Gasteiger partial charge in [0.15, 0.2) is 5.78 Å². The number of nitro benzene ring substituents is 1. The van der Waals surface area contributed by atoms with E-state index in [9.17, 15) is 14.9 Å². The van der Waals surface area contributed by atoms with Crippen LogP contribution in [-0.2, 0) is 14.3 Å². The van der Waals surface area contributed by atoms with E-state index in [1.54, 1.807) is 12.1 Å². The predicted octanol–water partition coefficient (Wildman–Crippen LogP) is 2.11. The van der Waals surface area contributed by atoms with Gasteiger partial charge in [-0.3, -0.25) is 14.9 Å². The van der Waals surface area contributed by atoms with Crippen molar-refractivity contribution in [3.05, 3.63) is 58.2 Å². The Hall–Kier alpha value is -2.31. The Morgan fingerprint density at radius 2 is 1.85 bits per heavy atom. The fourth-order valence-electron chi connectivity index (χ4n) is 2.01. The molecule has 0 saturated heterocycles. The van der Waals surface area contributed by atoms with Crippen LogP contribution in [0.15, 0.2) is 42.5 Å². The summed E-state index contributed by atoms with van der Waals surface area (Å²) >= 11 is 0. The molecule has 104 valence electrons. The number of carbonyl (C=O) groups is 1. The topological polar surface area (TPSA) is 78.7 Å².